The molecule has 1 aliphatic rings. The van der Waals surface area contributed by atoms with Crippen molar-refractivity contribution in [1.29, 1.82) is 0 Å². The standard InChI is InChI=1S/C13H21N3O/c1-9(2)17-11-5-6-14-12(16-11)15-8-10-7-13(10,3)4/h5-6,9-10H,7-8H2,1-4H3,(H,14,15,16). The molecule has 2 rings (SSSR count). The third-order valence-corrected chi connectivity index (χ3v) is 3.21. The van der Waals surface area contributed by atoms with E-state index in [4.69, 9.17) is 4.74 Å². The summed E-state index contributed by atoms with van der Waals surface area (Å²) in [6.45, 7) is 9.50. The molecule has 1 aromatic heterocycles. The number of ether oxygens (including phenoxy) is 1. The highest BCUT2D eigenvalue weighted by Crippen LogP contribution is 2.51. The third kappa shape index (κ3) is 3.32. The van der Waals surface area contributed by atoms with E-state index in [0.29, 0.717) is 17.2 Å². The Morgan fingerprint density at radius 3 is 2.82 bits per heavy atom. The van der Waals surface area contributed by atoms with Crippen molar-refractivity contribution in [2.75, 3.05) is 11.9 Å². The van der Waals surface area contributed by atoms with Gasteiger partial charge in [0.15, 0.2) is 0 Å². The maximum atomic E-state index is 5.53. The summed E-state index contributed by atoms with van der Waals surface area (Å²) >= 11 is 0. The molecule has 4 nitrogen and oxygen atoms in total. The van der Waals surface area contributed by atoms with Crippen molar-refractivity contribution < 1.29 is 4.74 Å². The topological polar surface area (TPSA) is 47.0 Å². The van der Waals surface area contributed by atoms with E-state index in [0.717, 1.165) is 12.5 Å². The maximum Gasteiger partial charge on any atom is 0.225 e. The third-order valence-electron chi connectivity index (χ3n) is 3.21. The first kappa shape index (κ1) is 12.1. The van der Waals surface area contributed by atoms with E-state index in [2.05, 4.69) is 29.1 Å². The molecule has 94 valence electrons. The van der Waals surface area contributed by atoms with E-state index >= 15 is 0 Å². The second-order valence-corrected chi connectivity index (χ2v) is 5.66. The Morgan fingerprint density at radius 2 is 2.24 bits per heavy atom. The van der Waals surface area contributed by atoms with Crippen LogP contribution < -0.4 is 10.1 Å². The summed E-state index contributed by atoms with van der Waals surface area (Å²) in [4.78, 5) is 8.51. The van der Waals surface area contributed by atoms with E-state index < -0.39 is 0 Å². The summed E-state index contributed by atoms with van der Waals surface area (Å²) in [5.41, 5.74) is 0.485. The average molecular weight is 235 g/mol. The number of aromatic nitrogens is 2. The minimum Gasteiger partial charge on any atom is -0.475 e. The van der Waals surface area contributed by atoms with Crippen molar-refractivity contribution in [2.24, 2.45) is 11.3 Å². The molecule has 1 N–H and O–H groups in total. The van der Waals surface area contributed by atoms with Gasteiger partial charge in [-0.1, -0.05) is 13.8 Å². The van der Waals surface area contributed by atoms with Crippen LogP contribution in [-0.4, -0.2) is 22.6 Å². The van der Waals surface area contributed by atoms with Crippen LogP contribution in [0.4, 0.5) is 5.95 Å². The minimum atomic E-state index is 0.139. The van der Waals surface area contributed by atoms with E-state index in [-0.39, 0.29) is 6.10 Å². The van der Waals surface area contributed by atoms with Crippen LogP contribution in [0.3, 0.4) is 0 Å². The SMILES string of the molecule is CC(C)Oc1ccnc(NCC2CC2(C)C)n1. The largest absolute Gasteiger partial charge is 0.475 e. The van der Waals surface area contributed by atoms with Gasteiger partial charge in [-0.25, -0.2) is 4.98 Å². The van der Waals surface area contributed by atoms with Crippen LogP contribution in [0.2, 0.25) is 0 Å². The summed E-state index contributed by atoms with van der Waals surface area (Å²) in [5.74, 6) is 2.03. The predicted molar refractivity (Wildman–Crippen MR) is 68.2 cm³/mol. The van der Waals surface area contributed by atoms with E-state index in [1.54, 1.807) is 12.3 Å². The normalized spacial score (nSPS) is 21.4. The molecule has 0 spiro atoms. The summed E-state index contributed by atoms with van der Waals surface area (Å²) in [6, 6.07) is 1.78. The van der Waals surface area contributed by atoms with Crippen molar-refractivity contribution in [3.8, 4) is 5.88 Å². The van der Waals surface area contributed by atoms with Crippen LogP contribution in [0.25, 0.3) is 0 Å². The molecule has 0 saturated heterocycles. The Morgan fingerprint density at radius 1 is 1.53 bits per heavy atom. The zero-order chi connectivity index (χ0) is 12.5. The Labute approximate surface area is 103 Å². The second kappa shape index (κ2) is 4.51. The molecule has 0 bridgehead atoms. The molecule has 1 fully saturated rings. The Bertz CT molecular complexity index is 390. The van der Waals surface area contributed by atoms with Gasteiger partial charge in [0.1, 0.15) is 0 Å². The zero-order valence-electron chi connectivity index (χ0n) is 11.0. The van der Waals surface area contributed by atoms with Crippen LogP contribution >= 0.6 is 0 Å². The number of rotatable bonds is 5. The lowest BCUT2D eigenvalue weighted by Crippen LogP contribution is -2.11. The minimum absolute atomic E-state index is 0.139. The predicted octanol–water partition coefficient (Wildman–Crippen LogP) is 2.72. The van der Waals surface area contributed by atoms with Crippen molar-refractivity contribution in [3.63, 3.8) is 0 Å². The first-order chi connectivity index (χ1) is 7.97. The molecule has 0 aliphatic heterocycles. The van der Waals surface area contributed by atoms with Gasteiger partial charge in [-0.15, -0.1) is 0 Å². The molecular weight excluding hydrogens is 214 g/mol. The van der Waals surface area contributed by atoms with Crippen molar-refractivity contribution in [3.05, 3.63) is 12.3 Å². The van der Waals surface area contributed by atoms with Crippen LogP contribution in [0.5, 0.6) is 5.88 Å². The zero-order valence-corrected chi connectivity index (χ0v) is 11.0. The fraction of sp³-hybridized carbons (Fsp3) is 0.692. The first-order valence-corrected chi connectivity index (χ1v) is 6.21. The smallest absolute Gasteiger partial charge is 0.225 e. The highest BCUT2D eigenvalue weighted by Gasteiger charge is 2.45. The van der Waals surface area contributed by atoms with Gasteiger partial charge in [0.25, 0.3) is 0 Å². The van der Waals surface area contributed by atoms with Crippen molar-refractivity contribution in [2.45, 2.75) is 40.2 Å². The van der Waals surface area contributed by atoms with Gasteiger partial charge >= 0.3 is 0 Å². The summed E-state index contributed by atoms with van der Waals surface area (Å²) in [7, 11) is 0. The molecule has 1 saturated carbocycles. The summed E-state index contributed by atoms with van der Waals surface area (Å²) < 4.78 is 5.53. The lowest BCUT2D eigenvalue weighted by Gasteiger charge is -2.10. The molecular formula is C13H21N3O. The van der Waals surface area contributed by atoms with Gasteiger partial charge in [0, 0.05) is 18.8 Å². The molecule has 0 radical (unpaired) electrons. The number of nitrogens with one attached hydrogen (secondary N) is 1. The van der Waals surface area contributed by atoms with Crippen LogP contribution in [0.1, 0.15) is 34.1 Å². The first-order valence-electron chi connectivity index (χ1n) is 6.21. The maximum absolute atomic E-state index is 5.53. The molecule has 0 amide bonds. The summed E-state index contributed by atoms with van der Waals surface area (Å²) in [6.07, 6.45) is 3.15. The van der Waals surface area contributed by atoms with Crippen LogP contribution in [-0.2, 0) is 0 Å². The molecule has 1 aromatic rings. The van der Waals surface area contributed by atoms with Crippen molar-refractivity contribution >= 4 is 5.95 Å². The highest BCUT2D eigenvalue weighted by molar-refractivity contribution is 5.28. The summed E-state index contributed by atoms with van der Waals surface area (Å²) in [5, 5.41) is 3.27. The lowest BCUT2D eigenvalue weighted by molar-refractivity contribution is 0.232. The Kier molecular flexibility index (Phi) is 3.22. The van der Waals surface area contributed by atoms with Crippen molar-refractivity contribution in [1.82, 2.24) is 9.97 Å². The van der Waals surface area contributed by atoms with E-state index in [1.165, 1.54) is 6.42 Å². The fourth-order valence-electron chi connectivity index (χ4n) is 1.87. The molecule has 1 aliphatic carbocycles. The number of hydrogen-bond donors (Lipinski definition) is 1. The van der Waals surface area contributed by atoms with Gasteiger partial charge in [0.05, 0.1) is 6.10 Å². The molecule has 17 heavy (non-hydrogen) atoms. The van der Waals surface area contributed by atoms with Gasteiger partial charge < -0.3 is 10.1 Å². The Hall–Kier alpha value is -1.32. The van der Waals surface area contributed by atoms with Gasteiger partial charge in [0.2, 0.25) is 11.8 Å². The number of nitrogens with zero attached hydrogens (tertiary/aromatic N) is 2. The molecule has 0 aromatic carbocycles. The van der Waals surface area contributed by atoms with Crippen LogP contribution in [0.15, 0.2) is 12.3 Å². The monoisotopic (exact) mass is 235 g/mol. The average Bonchev–Trinajstić information content (AvgIpc) is 2.83. The van der Waals surface area contributed by atoms with E-state index in [1.807, 2.05) is 13.8 Å². The second-order valence-electron chi connectivity index (χ2n) is 5.66. The van der Waals surface area contributed by atoms with Gasteiger partial charge in [-0.05, 0) is 31.6 Å². The molecule has 1 heterocycles. The molecule has 1 atom stereocenters. The Balaban J connectivity index is 1.88. The van der Waals surface area contributed by atoms with Gasteiger partial charge in [-0.2, -0.15) is 4.98 Å². The number of hydrogen-bond acceptors (Lipinski definition) is 4. The molecule has 4 heteroatoms. The van der Waals surface area contributed by atoms with Crippen LogP contribution in [0, 0.1) is 11.3 Å². The number of anilines is 1. The lowest BCUT2D eigenvalue weighted by atomic mass is 10.1. The highest BCUT2D eigenvalue weighted by atomic mass is 16.5. The molecule has 1 unspecified atom stereocenters. The van der Waals surface area contributed by atoms with Gasteiger partial charge in [-0.3, -0.25) is 0 Å². The van der Waals surface area contributed by atoms with E-state index in [9.17, 15) is 0 Å². The fourth-order valence-corrected chi connectivity index (χ4v) is 1.87. The quantitative estimate of drug-likeness (QED) is 0.852.